The van der Waals surface area contributed by atoms with Crippen molar-refractivity contribution in [2.24, 2.45) is 0 Å². The third kappa shape index (κ3) is 2.66. The molecule has 0 fully saturated rings. The van der Waals surface area contributed by atoms with Gasteiger partial charge in [-0.2, -0.15) is 13.2 Å². The van der Waals surface area contributed by atoms with E-state index in [-0.39, 0.29) is 5.88 Å². The average molecular weight is 247 g/mol. The Labute approximate surface area is 96.2 Å². The first-order valence-electron chi connectivity index (χ1n) is 5.25. The summed E-state index contributed by atoms with van der Waals surface area (Å²) in [6.07, 6.45) is -4.35. The number of alkyl halides is 3. The Morgan fingerprint density at radius 3 is 2.88 bits per heavy atom. The van der Waals surface area contributed by atoms with Crippen LogP contribution in [0.15, 0.2) is 6.33 Å². The van der Waals surface area contributed by atoms with Gasteiger partial charge in [-0.1, -0.05) is 0 Å². The molecule has 1 aromatic rings. The van der Waals surface area contributed by atoms with Gasteiger partial charge in [0.15, 0.2) is 6.10 Å². The molecule has 1 atom stereocenters. The molecule has 0 aromatic carbocycles. The normalized spacial score (nSPS) is 17.4. The van der Waals surface area contributed by atoms with Crippen molar-refractivity contribution in [3.8, 4) is 5.88 Å². The van der Waals surface area contributed by atoms with Crippen LogP contribution in [-0.2, 0) is 13.0 Å². The second-order valence-electron chi connectivity index (χ2n) is 3.83. The Hall–Kier alpha value is -1.37. The summed E-state index contributed by atoms with van der Waals surface area (Å²) in [5, 5.41) is 3.05. The molecule has 0 radical (unpaired) electrons. The van der Waals surface area contributed by atoms with Gasteiger partial charge in [-0.25, -0.2) is 9.97 Å². The maximum atomic E-state index is 12.4. The minimum atomic E-state index is -4.39. The molecule has 0 amide bonds. The number of hydrogen-bond acceptors (Lipinski definition) is 4. The highest BCUT2D eigenvalue weighted by Gasteiger charge is 2.38. The molecule has 0 saturated carbocycles. The summed E-state index contributed by atoms with van der Waals surface area (Å²) in [7, 11) is 0. The maximum absolute atomic E-state index is 12.4. The Balaban J connectivity index is 2.22. The second kappa shape index (κ2) is 4.48. The van der Waals surface area contributed by atoms with E-state index in [1.54, 1.807) is 0 Å². The summed E-state index contributed by atoms with van der Waals surface area (Å²) in [5.74, 6) is 0.0204. The number of ether oxygens (including phenoxy) is 1. The number of hydrogen-bond donors (Lipinski definition) is 1. The zero-order valence-corrected chi connectivity index (χ0v) is 9.21. The van der Waals surface area contributed by atoms with Crippen molar-refractivity contribution in [1.82, 2.24) is 15.3 Å². The summed E-state index contributed by atoms with van der Waals surface area (Å²) >= 11 is 0. The number of nitrogens with zero attached hydrogens (tertiary/aromatic N) is 2. The molecule has 2 rings (SSSR count). The van der Waals surface area contributed by atoms with E-state index < -0.39 is 12.3 Å². The lowest BCUT2D eigenvalue weighted by atomic mass is 10.1. The Morgan fingerprint density at radius 1 is 1.41 bits per heavy atom. The van der Waals surface area contributed by atoms with Crippen molar-refractivity contribution >= 4 is 0 Å². The molecule has 4 nitrogen and oxygen atoms in total. The molecule has 1 aliphatic rings. The molecule has 1 aromatic heterocycles. The standard InChI is InChI=1S/C10H12F3N3O/c1-6(10(11,12)13)17-9-7-4-14-3-2-8(7)15-5-16-9/h5-6,14H,2-4H2,1H3. The molecule has 2 heterocycles. The number of halogens is 3. The molecule has 7 heteroatoms. The summed E-state index contributed by atoms with van der Waals surface area (Å²) in [6, 6.07) is 0. The summed E-state index contributed by atoms with van der Waals surface area (Å²) in [5.41, 5.74) is 1.37. The molecule has 0 bridgehead atoms. The minimum absolute atomic E-state index is 0.0204. The lowest BCUT2D eigenvalue weighted by molar-refractivity contribution is -0.190. The average Bonchev–Trinajstić information content (AvgIpc) is 2.28. The van der Waals surface area contributed by atoms with Crippen LogP contribution in [0.2, 0.25) is 0 Å². The van der Waals surface area contributed by atoms with Gasteiger partial charge in [0, 0.05) is 25.1 Å². The van der Waals surface area contributed by atoms with Gasteiger partial charge >= 0.3 is 6.18 Å². The fourth-order valence-electron chi connectivity index (χ4n) is 1.58. The van der Waals surface area contributed by atoms with Crippen LogP contribution in [0.3, 0.4) is 0 Å². The molecule has 0 spiro atoms. The van der Waals surface area contributed by atoms with E-state index in [9.17, 15) is 13.2 Å². The summed E-state index contributed by atoms with van der Waals surface area (Å²) < 4.78 is 42.0. The number of nitrogens with one attached hydrogen (secondary N) is 1. The van der Waals surface area contributed by atoms with Gasteiger partial charge in [0.1, 0.15) is 6.33 Å². The first-order chi connectivity index (χ1) is 7.98. The summed E-state index contributed by atoms with van der Waals surface area (Å²) in [6.45, 7) is 2.17. The van der Waals surface area contributed by atoms with Crippen LogP contribution in [0, 0.1) is 0 Å². The van der Waals surface area contributed by atoms with Gasteiger partial charge in [0.05, 0.1) is 5.69 Å². The quantitative estimate of drug-likeness (QED) is 0.859. The zero-order valence-electron chi connectivity index (χ0n) is 9.21. The topological polar surface area (TPSA) is 47.0 Å². The van der Waals surface area contributed by atoms with Crippen molar-refractivity contribution in [3.63, 3.8) is 0 Å². The highest BCUT2D eigenvalue weighted by Crippen LogP contribution is 2.27. The lowest BCUT2D eigenvalue weighted by Gasteiger charge is -2.22. The predicted octanol–water partition coefficient (Wildman–Crippen LogP) is 1.45. The van der Waals surface area contributed by atoms with Crippen molar-refractivity contribution < 1.29 is 17.9 Å². The molecule has 1 unspecified atom stereocenters. The largest absolute Gasteiger partial charge is 0.465 e. The molecule has 0 saturated heterocycles. The van der Waals surface area contributed by atoms with E-state index in [2.05, 4.69) is 15.3 Å². The van der Waals surface area contributed by atoms with Crippen molar-refractivity contribution in [3.05, 3.63) is 17.6 Å². The van der Waals surface area contributed by atoms with Gasteiger partial charge in [-0.3, -0.25) is 0 Å². The van der Waals surface area contributed by atoms with Crippen LogP contribution in [0.1, 0.15) is 18.2 Å². The van der Waals surface area contributed by atoms with E-state index in [0.717, 1.165) is 19.2 Å². The van der Waals surface area contributed by atoms with E-state index in [0.29, 0.717) is 18.5 Å². The monoisotopic (exact) mass is 247 g/mol. The molecule has 94 valence electrons. The molecule has 17 heavy (non-hydrogen) atoms. The van der Waals surface area contributed by atoms with Crippen molar-refractivity contribution in [1.29, 1.82) is 0 Å². The van der Waals surface area contributed by atoms with Crippen LogP contribution in [0.5, 0.6) is 5.88 Å². The first-order valence-corrected chi connectivity index (χ1v) is 5.25. The Kier molecular flexibility index (Phi) is 3.19. The third-order valence-electron chi connectivity index (χ3n) is 2.58. The van der Waals surface area contributed by atoms with Crippen LogP contribution in [0.4, 0.5) is 13.2 Å². The van der Waals surface area contributed by atoms with Gasteiger partial charge in [-0.15, -0.1) is 0 Å². The van der Waals surface area contributed by atoms with Crippen LogP contribution >= 0.6 is 0 Å². The van der Waals surface area contributed by atoms with Crippen LogP contribution in [-0.4, -0.2) is 28.8 Å². The molecule has 0 aliphatic carbocycles. The van der Waals surface area contributed by atoms with Crippen molar-refractivity contribution in [2.45, 2.75) is 32.2 Å². The highest BCUT2D eigenvalue weighted by molar-refractivity contribution is 5.31. The Morgan fingerprint density at radius 2 is 2.18 bits per heavy atom. The van der Waals surface area contributed by atoms with Gasteiger partial charge in [0.25, 0.3) is 0 Å². The number of fused-ring (bicyclic) bond motifs is 1. The predicted molar refractivity (Wildman–Crippen MR) is 53.6 cm³/mol. The number of aromatic nitrogens is 2. The van der Waals surface area contributed by atoms with E-state index in [1.807, 2.05) is 0 Å². The maximum Gasteiger partial charge on any atom is 0.425 e. The smallest absolute Gasteiger partial charge is 0.425 e. The van der Waals surface area contributed by atoms with E-state index in [1.165, 1.54) is 6.33 Å². The second-order valence-corrected chi connectivity index (χ2v) is 3.83. The van der Waals surface area contributed by atoms with Crippen LogP contribution in [0.25, 0.3) is 0 Å². The zero-order chi connectivity index (χ0) is 12.5. The van der Waals surface area contributed by atoms with Crippen molar-refractivity contribution in [2.75, 3.05) is 6.54 Å². The van der Waals surface area contributed by atoms with E-state index in [4.69, 9.17) is 4.74 Å². The van der Waals surface area contributed by atoms with Gasteiger partial charge in [0.2, 0.25) is 5.88 Å². The molecular weight excluding hydrogens is 235 g/mol. The van der Waals surface area contributed by atoms with Crippen LogP contribution < -0.4 is 10.1 Å². The lowest BCUT2D eigenvalue weighted by Crippen LogP contribution is -2.33. The minimum Gasteiger partial charge on any atom is -0.465 e. The molecule has 1 N–H and O–H groups in total. The third-order valence-corrected chi connectivity index (χ3v) is 2.58. The number of rotatable bonds is 2. The molecule has 1 aliphatic heterocycles. The van der Waals surface area contributed by atoms with Gasteiger partial charge < -0.3 is 10.1 Å². The first kappa shape index (κ1) is 12.1. The fraction of sp³-hybridized carbons (Fsp3) is 0.600. The summed E-state index contributed by atoms with van der Waals surface area (Å²) in [4.78, 5) is 7.81. The fourth-order valence-corrected chi connectivity index (χ4v) is 1.58. The van der Waals surface area contributed by atoms with Gasteiger partial charge in [-0.05, 0) is 6.92 Å². The Bertz CT molecular complexity index is 408. The highest BCUT2D eigenvalue weighted by atomic mass is 19.4. The molecular formula is C10H12F3N3O. The van der Waals surface area contributed by atoms with E-state index >= 15 is 0 Å². The SMILES string of the molecule is CC(Oc1ncnc2c1CNCC2)C(F)(F)F.